The van der Waals surface area contributed by atoms with Crippen molar-refractivity contribution in [3.63, 3.8) is 0 Å². The van der Waals surface area contributed by atoms with Crippen LogP contribution in [0.2, 0.25) is 0 Å². The lowest BCUT2D eigenvalue weighted by Gasteiger charge is -2.01. The second kappa shape index (κ2) is 2.88. The van der Waals surface area contributed by atoms with E-state index in [4.69, 9.17) is 17.2 Å². The van der Waals surface area contributed by atoms with Crippen molar-refractivity contribution in [2.24, 2.45) is 22.2 Å². The smallest absolute Gasteiger partial charge is 0.186 e. The summed E-state index contributed by atoms with van der Waals surface area (Å²) in [4.78, 5) is 4.02. The molecule has 0 aromatic carbocycles. The second-order valence-electron chi connectivity index (χ2n) is 2.78. The lowest BCUT2D eigenvalue weighted by Crippen LogP contribution is -2.25. The van der Waals surface area contributed by atoms with Crippen molar-refractivity contribution in [3.8, 4) is 0 Å². The number of hydrogen-bond acceptors (Lipinski definition) is 2. The van der Waals surface area contributed by atoms with E-state index in [-0.39, 0.29) is 12.0 Å². The summed E-state index contributed by atoms with van der Waals surface area (Å²) in [6.45, 7) is 0. The molecular formula is C6H14N4. The maximum atomic E-state index is 5.65. The van der Waals surface area contributed by atoms with Crippen LogP contribution in [0.25, 0.3) is 0 Å². The Kier molecular flexibility index (Phi) is 2.11. The summed E-state index contributed by atoms with van der Waals surface area (Å²) >= 11 is 0. The first-order valence-corrected chi connectivity index (χ1v) is 3.53. The number of aliphatic imine (C=N–C) groups is 1. The van der Waals surface area contributed by atoms with Crippen LogP contribution in [-0.4, -0.2) is 18.0 Å². The third-order valence-corrected chi connectivity index (χ3v) is 1.78. The molecule has 4 nitrogen and oxygen atoms in total. The molecule has 0 heterocycles. The third kappa shape index (κ3) is 1.88. The minimum atomic E-state index is 0.180. The Balaban J connectivity index is 2.38. The molecule has 58 valence electrons. The van der Waals surface area contributed by atoms with E-state index in [1.807, 2.05) is 0 Å². The van der Waals surface area contributed by atoms with E-state index < -0.39 is 0 Å². The predicted octanol–water partition coefficient (Wildman–Crippen LogP) is -0.860. The van der Waals surface area contributed by atoms with Crippen LogP contribution in [0.15, 0.2) is 4.99 Å². The fourth-order valence-corrected chi connectivity index (χ4v) is 1.32. The molecule has 2 unspecified atom stereocenters. The molecule has 1 aliphatic carbocycles. The molecule has 1 fully saturated rings. The maximum Gasteiger partial charge on any atom is 0.186 e. The Hall–Kier alpha value is -0.770. The van der Waals surface area contributed by atoms with Crippen molar-refractivity contribution >= 4 is 5.96 Å². The van der Waals surface area contributed by atoms with Gasteiger partial charge < -0.3 is 17.2 Å². The van der Waals surface area contributed by atoms with Gasteiger partial charge in [-0.05, 0) is 19.3 Å². The number of nitrogens with two attached hydrogens (primary N) is 3. The molecule has 0 spiro atoms. The summed E-state index contributed by atoms with van der Waals surface area (Å²) in [5, 5.41) is 0. The highest BCUT2D eigenvalue weighted by Crippen LogP contribution is 2.19. The van der Waals surface area contributed by atoms with E-state index in [1.54, 1.807) is 0 Å². The largest absolute Gasteiger partial charge is 0.370 e. The summed E-state index contributed by atoms with van der Waals surface area (Å²) in [6, 6.07) is 0.577. The molecular weight excluding hydrogens is 128 g/mol. The lowest BCUT2D eigenvalue weighted by atomic mass is 10.2. The molecule has 0 aromatic rings. The van der Waals surface area contributed by atoms with E-state index in [2.05, 4.69) is 4.99 Å². The first kappa shape index (κ1) is 7.34. The number of rotatable bonds is 1. The summed E-state index contributed by atoms with van der Waals surface area (Å²) in [5.41, 5.74) is 16.1. The van der Waals surface area contributed by atoms with E-state index in [1.165, 1.54) is 0 Å². The van der Waals surface area contributed by atoms with Crippen molar-refractivity contribution in [1.29, 1.82) is 0 Å². The Morgan fingerprint density at radius 2 is 2.00 bits per heavy atom. The highest BCUT2D eigenvalue weighted by Gasteiger charge is 2.20. The van der Waals surface area contributed by atoms with Gasteiger partial charge >= 0.3 is 0 Å². The van der Waals surface area contributed by atoms with Crippen molar-refractivity contribution in [2.75, 3.05) is 0 Å². The fraction of sp³-hybridized carbons (Fsp3) is 0.833. The van der Waals surface area contributed by atoms with Gasteiger partial charge in [-0.1, -0.05) is 0 Å². The average molecular weight is 142 g/mol. The highest BCUT2D eigenvalue weighted by atomic mass is 15.0. The van der Waals surface area contributed by atoms with Crippen LogP contribution >= 0.6 is 0 Å². The van der Waals surface area contributed by atoms with Gasteiger partial charge in [-0.25, -0.2) is 0 Å². The monoisotopic (exact) mass is 142 g/mol. The maximum absolute atomic E-state index is 5.65. The predicted molar refractivity (Wildman–Crippen MR) is 41.4 cm³/mol. The zero-order valence-corrected chi connectivity index (χ0v) is 5.96. The van der Waals surface area contributed by atoms with Gasteiger partial charge in [-0.15, -0.1) is 0 Å². The molecule has 1 rings (SSSR count). The standard InChI is InChI=1S/C6H14N4/c7-4-1-2-5(3-4)10-6(8)9/h4-5H,1-3,7H2,(H4,8,9,10). The molecule has 0 radical (unpaired) electrons. The topological polar surface area (TPSA) is 90.4 Å². The number of hydrogen-bond donors (Lipinski definition) is 3. The molecule has 1 saturated carbocycles. The van der Waals surface area contributed by atoms with Crippen LogP contribution < -0.4 is 17.2 Å². The van der Waals surface area contributed by atoms with Crippen molar-refractivity contribution < 1.29 is 0 Å². The SMILES string of the molecule is NC(N)=NC1CCC(N)C1. The number of nitrogens with zero attached hydrogens (tertiary/aromatic N) is 1. The summed E-state index contributed by atoms with van der Waals surface area (Å²) in [6.07, 6.45) is 3.00. The first-order chi connectivity index (χ1) is 4.68. The van der Waals surface area contributed by atoms with Crippen LogP contribution in [0.1, 0.15) is 19.3 Å². The van der Waals surface area contributed by atoms with Crippen molar-refractivity contribution in [2.45, 2.75) is 31.3 Å². The minimum absolute atomic E-state index is 0.180. The quantitative estimate of drug-likeness (QED) is 0.328. The van der Waals surface area contributed by atoms with Gasteiger partial charge in [-0.3, -0.25) is 4.99 Å². The molecule has 4 heteroatoms. The second-order valence-corrected chi connectivity index (χ2v) is 2.78. The Morgan fingerprint density at radius 3 is 2.40 bits per heavy atom. The van der Waals surface area contributed by atoms with Crippen LogP contribution in [-0.2, 0) is 0 Å². The van der Waals surface area contributed by atoms with Crippen molar-refractivity contribution in [1.82, 2.24) is 0 Å². The van der Waals surface area contributed by atoms with Gasteiger partial charge in [0.2, 0.25) is 0 Å². The van der Waals surface area contributed by atoms with Crippen LogP contribution in [0, 0.1) is 0 Å². The van der Waals surface area contributed by atoms with Gasteiger partial charge in [0, 0.05) is 6.04 Å². The molecule has 2 atom stereocenters. The van der Waals surface area contributed by atoms with Crippen LogP contribution in [0.5, 0.6) is 0 Å². The van der Waals surface area contributed by atoms with E-state index in [0.717, 1.165) is 19.3 Å². The Labute approximate surface area is 60.5 Å². The zero-order valence-electron chi connectivity index (χ0n) is 5.96. The summed E-state index contributed by atoms with van der Waals surface area (Å²) in [5.74, 6) is 0.180. The van der Waals surface area contributed by atoms with Gasteiger partial charge in [0.15, 0.2) is 5.96 Å². The molecule has 0 amide bonds. The molecule has 1 aliphatic rings. The lowest BCUT2D eigenvalue weighted by molar-refractivity contribution is 0.666. The van der Waals surface area contributed by atoms with Gasteiger partial charge in [0.1, 0.15) is 0 Å². The zero-order chi connectivity index (χ0) is 7.56. The first-order valence-electron chi connectivity index (χ1n) is 3.53. The van der Waals surface area contributed by atoms with E-state index >= 15 is 0 Å². The van der Waals surface area contributed by atoms with Crippen LogP contribution in [0.3, 0.4) is 0 Å². The number of guanidine groups is 1. The van der Waals surface area contributed by atoms with Crippen molar-refractivity contribution in [3.05, 3.63) is 0 Å². The average Bonchev–Trinajstić information content (AvgIpc) is 2.13. The van der Waals surface area contributed by atoms with Gasteiger partial charge in [0.25, 0.3) is 0 Å². The normalized spacial score (nSPS) is 32.1. The molecule has 6 N–H and O–H groups in total. The summed E-state index contributed by atoms with van der Waals surface area (Å²) in [7, 11) is 0. The van der Waals surface area contributed by atoms with E-state index in [9.17, 15) is 0 Å². The highest BCUT2D eigenvalue weighted by molar-refractivity contribution is 5.75. The molecule has 0 bridgehead atoms. The summed E-state index contributed by atoms with van der Waals surface area (Å²) < 4.78 is 0. The third-order valence-electron chi connectivity index (χ3n) is 1.78. The Bertz CT molecular complexity index is 139. The van der Waals surface area contributed by atoms with E-state index in [0.29, 0.717) is 6.04 Å². The molecule has 0 saturated heterocycles. The fourth-order valence-electron chi connectivity index (χ4n) is 1.32. The van der Waals surface area contributed by atoms with Gasteiger partial charge in [0.05, 0.1) is 6.04 Å². The minimum Gasteiger partial charge on any atom is -0.370 e. The Morgan fingerprint density at radius 1 is 1.30 bits per heavy atom. The molecule has 10 heavy (non-hydrogen) atoms. The molecule has 0 aromatic heterocycles. The van der Waals surface area contributed by atoms with Gasteiger partial charge in [-0.2, -0.15) is 0 Å². The van der Waals surface area contributed by atoms with Crippen LogP contribution in [0.4, 0.5) is 0 Å². The molecule has 0 aliphatic heterocycles.